The van der Waals surface area contributed by atoms with E-state index in [0.717, 1.165) is 11.8 Å². The third-order valence-corrected chi connectivity index (χ3v) is 5.21. The Kier molecular flexibility index (Phi) is 3.75. The summed E-state index contributed by atoms with van der Waals surface area (Å²) in [6.45, 7) is 10.9. The molecule has 2 nitrogen and oxygen atoms in total. The second-order valence-electron chi connectivity index (χ2n) is 7.34. The maximum absolute atomic E-state index is 12.0. The predicted molar refractivity (Wildman–Crippen MR) is 73.1 cm³/mol. The van der Waals surface area contributed by atoms with Crippen molar-refractivity contribution in [2.45, 2.75) is 65.9 Å². The van der Waals surface area contributed by atoms with E-state index in [1.165, 1.54) is 19.3 Å². The Balaban J connectivity index is 2.06. The van der Waals surface area contributed by atoms with Crippen LogP contribution in [0.1, 0.15) is 60.3 Å². The molecule has 0 saturated heterocycles. The summed E-state index contributed by atoms with van der Waals surface area (Å²) >= 11 is 0. The number of fused-ring (bicyclic) bond motifs is 1. The third kappa shape index (κ3) is 2.44. The van der Waals surface area contributed by atoms with Crippen LogP contribution >= 0.6 is 0 Å². The summed E-state index contributed by atoms with van der Waals surface area (Å²) in [4.78, 5) is 12.0. The minimum absolute atomic E-state index is 0.000414. The van der Waals surface area contributed by atoms with E-state index in [1.54, 1.807) is 0 Å². The highest BCUT2D eigenvalue weighted by atomic mass is 16.6. The molecule has 0 heterocycles. The largest absolute Gasteiger partial charge is 0.459 e. The van der Waals surface area contributed by atoms with Gasteiger partial charge in [-0.2, -0.15) is 0 Å². The fourth-order valence-corrected chi connectivity index (χ4v) is 4.22. The summed E-state index contributed by atoms with van der Waals surface area (Å²) < 4.78 is 5.95. The van der Waals surface area contributed by atoms with Crippen LogP contribution in [0.2, 0.25) is 0 Å². The zero-order chi connectivity index (χ0) is 13.5. The fraction of sp³-hybridized carbons (Fsp3) is 0.938. The van der Waals surface area contributed by atoms with Gasteiger partial charge < -0.3 is 4.74 Å². The number of hydrogen-bond acceptors (Lipinski definition) is 2. The highest BCUT2D eigenvalue weighted by Gasteiger charge is 2.55. The van der Waals surface area contributed by atoms with Crippen LogP contribution in [0, 0.1) is 29.6 Å². The van der Waals surface area contributed by atoms with Crippen molar-refractivity contribution in [3.8, 4) is 0 Å². The molecule has 5 atom stereocenters. The zero-order valence-electron chi connectivity index (χ0n) is 12.5. The standard InChI is InChI=1S/C16H28O2/c1-10(2)6-15(17)18-16(5)12(4)9-13-7-11(3)8-14(13)16/h10-14H,6-9H2,1-5H3. The Morgan fingerprint density at radius 2 is 1.94 bits per heavy atom. The van der Waals surface area contributed by atoms with Crippen LogP contribution < -0.4 is 0 Å². The molecule has 2 rings (SSSR count). The molecule has 0 radical (unpaired) electrons. The quantitative estimate of drug-likeness (QED) is 0.709. The van der Waals surface area contributed by atoms with Gasteiger partial charge in [-0.25, -0.2) is 0 Å². The number of rotatable bonds is 3. The minimum Gasteiger partial charge on any atom is -0.459 e. The van der Waals surface area contributed by atoms with E-state index < -0.39 is 0 Å². The maximum Gasteiger partial charge on any atom is 0.306 e. The van der Waals surface area contributed by atoms with E-state index >= 15 is 0 Å². The van der Waals surface area contributed by atoms with E-state index in [9.17, 15) is 4.79 Å². The first-order chi connectivity index (χ1) is 8.33. The van der Waals surface area contributed by atoms with Gasteiger partial charge in [-0.05, 0) is 49.9 Å². The SMILES string of the molecule is CC(C)CC(=O)OC1(C)C(C)CC2CC(C)CC21. The van der Waals surface area contributed by atoms with Crippen molar-refractivity contribution >= 4 is 5.97 Å². The van der Waals surface area contributed by atoms with Crippen LogP contribution in [0.25, 0.3) is 0 Å². The smallest absolute Gasteiger partial charge is 0.306 e. The first-order valence-corrected chi connectivity index (χ1v) is 7.54. The monoisotopic (exact) mass is 252 g/mol. The Morgan fingerprint density at radius 3 is 2.56 bits per heavy atom. The van der Waals surface area contributed by atoms with E-state index in [4.69, 9.17) is 4.74 Å². The Bertz CT molecular complexity index is 323. The summed E-state index contributed by atoms with van der Waals surface area (Å²) in [5.41, 5.74) is -0.207. The van der Waals surface area contributed by atoms with E-state index in [-0.39, 0.29) is 11.6 Å². The molecule has 104 valence electrons. The van der Waals surface area contributed by atoms with Crippen molar-refractivity contribution in [2.24, 2.45) is 29.6 Å². The van der Waals surface area contributed by atoms with Crippen molar-refractivity contribution < 1.29 is 9.53 Å². The molecular weight excluding hydrogens is 224 g/mol. The van der Waals surface area contributed by atoms with Crippen molar-refractivity contribution in [3.63, 3.8) is 0 Å². The van der Waals surface area contributed by atoms with Crippen molar-refractivity contribution in [1.29, 1.82) is 0 Å². The van der Waals surface area contributed by atoms with Crippen LogP contribution in [0.5, 0.6) is 0 Å². The fourth-order valence-electron chi connectivity index (χ4n) is 4.22. The molecule has 2 aliphatic carbocycles. The number of esters is 1. The van der Waals surface area contributed by atoms with Gasteiger partial charge in [0, 0.05) is 12.3 Å². The lowest BCUT2D eigenvalue weighted by Gasteiger charge is -2.35. The van der Waals surface area contributed by atoms with E-state index in [2.05, 4.69) is 34.6 Å². The molecule has 0 spiro atoms. The normalized spacial score (nSPS) is 43.2. The molecule has 0 aromatic rings. The Morgan fingerprint density at radius 1 is 1.28 bits per heavy atom. The summed E-state index contributed by atoms with van der Waals surface area (Å²) in [5.74, 6) is 3.08. The zero-order valence-corrected chi connectivity index (χ0v) is 12.5. The molecule has 2 fully saturated rings. The van der Waals surface area contributed by atoms with Gasteiger partial charge in [0.15, 0.2) is 0 Å². The van der Waals surface area contributed by atoms with Gasteiger partial charge in [-0.15, -0.1) is 0 Å². The van der Waals surface area contributed by atoms with Gasteiger partial charge in [0.25, 0.3) is 0 Å². The lowest BCUT2D eigenvalue weighted by Crippen LogP contribution is -2.41. The first-order valence-electron chi connectivity index (χ1n) is 7.54. The lowest BCUT2D eigenvalue weighted by atomic mass is 9.84. The molecule has 18 heavy (non-hydrogen) atoms. The first kappa shape index (κ1) is 13.9. The van der Waals surface area contributed by atoms with Crippen molar-refractivity contribution in [3.05, 3.63) is 0 Å². The summed E-state index contributed by atoms with van der Waals surface area (Å²) in [7, 11) is 0. The summed E-state index contributed by atoms with van der Waals surface area (Å²) in [6.07, 6.45) is 4.35. The molecule has 0 aliphatic heterocycles. The average Bonchev–Trinajstić information content (AvgIpc) is 2.65. The average molecular weight is 252 g/mol. The van der Waals surface area contributed by atoms with Crippen molar-refractivity contribution in [1.82, 2.24) is 0 Å². The molecule has 0 bridgehead atoms. The molecule has 2 saturated carbocycles. The third-order valence-electron chi connectivity index (χ3n) is 5.21. The van der Waals surface area contributed by atoms with Gasteiger partial charge in [0.2, 0.25) is 0 Å². The molecule has 0 aromatic heterocycles. The highest BCUT2D eigenvalue weighted by molar-refractivity contribution is 5.70. The van der Waals surface area contributed by atoms with Gasteiger partial charge >= 0.3 is 5.97 Å². The van der Waals surface area contributed by atoms with Gasteiger partial charge in [-0.1, -0.05) is 27.7 Å². The van der Waals surface area contributed by atoms with Gasteiger partial charge in [0.05, 0.1) is 0 Å². The van der Waals surface area contributed by atoms with Crippen LogP contribution in [-0.4, -0.2) is 11.6 Å². The Labute approximate surface area is 111 Å². The van der Waals surface area contributed by atoms with Crippen LogP contribution in [0.4, 0.5) is 0 Å². The number of hydrogen-bond donors (Lipinski definition) is 0. The molecule has 0 N–H and O–H groups in total. The maximum atomic E-state index is 12.0. The van der Waals surface area contributed by atoms with Gasteiger partial charge in [-0.3, -0.25) is 4.79 Å². The molecule has 2 heteroatoms. The number of carbonyl (C=O) groups excluding carboxylic acids is 1. The Hall–Kier alpha value is -0.530. The number of ether oxygens (including phenoxy) is 1. The van der Waals surface area contributed by atoms with E-state index in [1.807, 2.05) is 0 Å². The second-order valence-corrected chi connectivity index (χ2v) is 7.34. The second kappa shape index (κ2) is 4.86. The topological polar surface area (TPSA) is 26.3 Å². The molecular formula is C16H28O2. The van der Waals surface area contributed by atoms with Crippen LogP contribution in [0.3, 0.4) is 0 Å². The summed E-state index contributed by atoms with van der Waals surface area (Å²) in [5, 5.41) is 0. The van der Waals surface area contributed by atoms with Gasteiger partial charge in [0.1, 0.15) is 5.60 Å². The highest BCUT2D eigenvalue weighted by Crippen LogP contribution is 2.56. The van der Waals surface area contributed by atoms with Crippen LogP contribution in [-0.2, 0) is 9.53 Å². The number of carbonyl (C=O) groups is 1. The van der Waals surface area contributed by atoms with E-state index in [0.29, 0.717) is 24.2 Å². The molecule has 0 amide bonds. The van der Waals surface area contributed by atoms with Crippen LogP contribution in [0.15, 0.2) is 0 Å². The molecule has 0 aromatic carbocycles. The van der Waals surface area contributed by atoms with Crippen molar-refractivity contribution in [2.75, 3.05) is 0 Å². The molecule has 2 aliphatic rings. The minimum atomic E-state index is -0.207. The summed E-state index contributed by atoms with van der Waals surface area (Å²) in [6, 6.07) is 0. The molecule has 5 unspecified atom stereocenters. The predicted octanol–water partition coefficient (Wildman–Crippen LogP) is 4.04. The lowest BCUT2D eigenvalue weighted by molar-refractivity contribution is -0.167.